The van der Waals surface area contributed by atoms with Gasteiger partial charge >= 0.3 is 0 Å². The number of carbonyl (C=O) groups excluding carboxylic acids is 1. The number of rotatable bonds is 5. The molecule has 1 atom stereocenters. The molecule has 2 aromatic carbocycles. The number of aromatic nitrogens is 2. The SMILES string of the molecule is C[C@@H](Sc1nc(Nc2ccccc2Cl)c2ccccc2n1)C(N)=O. The van der Waals surface area contributed by atoms with Crippen LogP contribution in [-0.4, -0.2) is 21.1 Å². The zero-order valence-corrected chi connectivity index (χ0v) is 14.4. The van der Waals surface area contributed by atoms with Gasteiger partial charge in [0.25, 0.3) is 0 Å². The lowest BCUT2D eigenvalue weighted by Crippen LogP contribution is -2.22. The zero-order chi connectivity index (χ0) is 17.1. The lowest BCUT2D eigenvalue weighted by atomic mass is 10.2. The number of carbonyl (C=O) groups is 1. The molecule has 1 heterocycles. The molecule has 0 aliphatic heterocycles. The Kier molecular flexibility index (Phi) is 4.87. The molecule has 1 amide bonds. The number of anilines is 2. The predicted molar refractivity (Wildman–Crippen MR) is 98.8 cm³/mol. The van der Waals surface area contributed by atoms with Crippen LogP contribution in [0.2, 0.25) is 5.02 Å². The molecule has 0 saturated heterocycles. The smallest absolute Gasteiger partial charge is 0.230 e. The standard InChI is InChI=1S/C17H15ClN4OS/c1-10(15(19)23)24-17-21-13-8-4-2-6-11(13)16(22-17)20-14-9-5-3-7-12(14)18/h2-10H,1H3,(H2,19,23)(H,20,21,22)/t10-/m1/s1. The summed E-state index contributed by atoms with van der Waals surface area (Å²) in [5, 5.41) is 4.78. The van der Waals surface area contributed by atoms with E-state index in [4.69, 9.17) is 17.3 Å². The monoisotopic (exact) mass is 358 g/mol. The molecule has 5 nitrogen and oxygen atoms in total. The van der Waals surface area contributed by atoms with Gasteiger partial charge in [-0.1, -0.05) is 47.6 Å². The van der Waals surface area contributed by atoms with Crippen LogP contribution in [0.5, 0.6) is 0 Å². The summed E-state index contributed by atoms with van der Waals surface area (Å²) in [6, 6.07) is 15.1. The summed E-state index contributed by atoms with van der Waals surface area (Å²) in [4.78, 5) is 20.3. The number of halogens is 1. The highest BCUT2D eigenvalue weighted by Gasteiger charge is 2.15. The third kappa shape index (κ3) is 3.60. The molecule has 1 aromatic heterocycles. The molecule has 0 spiro atoms. The summed E-state index contributed by atoms with van der Waals surface area (Å²) in [7, 11) is 0. The Balaban J connectivity index is 2.04. The van der Waals surface area contributed by atoms with Gasteiger partial charge in [-0.3, -0.25) is 4.79 Å². The van der Waals surface area contributed by atoms with E-state index in [0.29, 0.717) is 16.0 Å². The van der Waals surface area contributed by atoms with Gasteiger partial charge < -0.3 is 11.1 Å². The summed E-state index contributed by atoms with van der Waals surface area (Å²) in [5.41, 5.74) is 6.86. The quantitative estimate of drug-likeness (QED) is 0.532. The maximum absolute atomic E-state index is 11.3. The number of benzene rings is 2. The van der Waals surface area contributed by atoms with Crippen LogP contribution in [0.15, 0.2) is 53.7 Å². The molecule has 24 heavy (non-hydrogen) atoms. The van der Waals surface area contributed by atoms with Crippen LogP contribution in [0, 0.1) is 0 Å². The first-order valence-corrected chi connectivity index (χ1v) is 8.54. The molecule has 3 rings (SSSR count). The molecule has 0 unspecified atom stereocenters. The first-order valence-electron chi connectivity index (χ1n) is 7.29. The van der Waals surface area contributed by atoms with E-state index >= 15 is 0 Å². The van der Waals surface area contributed by atoms with E-state index in [0.717, 1.165) is 16.6 Å². The maximum atomic E-state index is 11.3. The first-order chi connectivity index (χ1) is 11.5. The summed E-state index contributed by atoms with van der Waals surface area (Å²) < 4.78 is 0. The summed E-state index contributed by atoms with van der Waals surface area (Å²) in [6.45, 7) is 1.73. The van der Waals surface area contributed by atoms with Gasteiger partial charge in [-0.15, -0.1) is 0 Å². The van der Waals surface area contributed by atoms with E-state index in [1.807, 2.05) is 42.5 Å². The van der Waals surface area contributed by atoms with Gasteiger partial charge in [0.15, 0.2) is 5.16 Å². The minimum absolute atomic E-state index is 0.405. The van der Waals surface area contributed by atoms with Crippen LogP contribution < -0.4 is 11.1 Å². The fourth-order valence-electron chi connectivity index (χ4n) is 2.11. The van der Waals surface area contributed by atoms with Crippen molar-refractivity contribution in [1.82, 2.24) is 9.97 Å². The lowest BCUT2D eigenvalue weighted by molar-refractivity contribution is -0.117. The third-order valence-electron chi connectivity index (χ3n) is 3.39. The zero-order valence-electron chi connectivity index (χ0n) is 12.9. The lowest BCUT2D eigenvalue weighted by Gasteiger charge is -2.12. The largest absolute Gasteiger partial charge is 0.369 e. The van der Waals surface area contributed by atoms with E-state index in [-0.39, 0.29) is 0 Å². The van der Waals surface area contributed by atoms with Gasteiger partial charge in [-0.05, 0) is 31.2 Å². The number of nitrogens with two attached hydrogens (primary N) is 1. The van der Waals surface area contributed by atoms with E-state index in [9.17, 15) is 4.79 Å². The van der Waals surface area contributed by atoms with Crippen molar-refractivity contribution in [2.24, 2.45) is 5.73 Å². The van der Waals surface area contributed by atoms with Crippen molar-refractivity contribution in [1.29, 1.82) is 0 Å². The number of thioether (sulfide) groups is 1. The highest BCUT2D eigenvalue weighted by molar-refractivity contribution is 8.00. The number of hydrogen-bond donors (Lipinski definition) is 2. The van der Waals surface area contributed by atoms with E-state index in [1.165, 1.54) is 11.8 Å². The van der Waals surface area contributed by atoms with Crippen molar-refractivity contribution in [3.63, 3.8) is 0 Å². The van der Waals surface area contributed by atoms with Crippen molar-refractivity contribution >= 4 is 51.7 Å². The number of nitrogens with one attached hydrogen (secondary N) is 1. The molecular weight excluding hydrogens is 344 g/mol. The Morgan fingerprint density at radius 2 is 1.88 bits per heavy atom. The molecule has 0 aliphatic carbocycles. The van der Waals surface area contributed by atoms with Crippen molar-refractivity contribution < 1.29 is 4.79 Å². The Morgan fingerprint density at radius 1 is 1.17 bits per heavy atom. The molecule has 0 saturated carbocycles. The second kappa shape index (κ2) is 7.07. The van der Waals surface area contributed by atoms with Crippen LogP contribution in [0.1, 0.15) is 6.92 Å². The average Bonchev–Trinajstić information content (AvgIpc) is 2.57. The van der Waals surface area contributed by atoms with Gasteiger partial charge in [0.05, 0.1) is 21.5 Å². The van der Waals surface area contributed by atoms with Gasteiger partial charge in [0.2, 0.25) is 5.91 Å². The third-order valence-corrected chi connectivity index (χ3v) is 4.70. The second-order valence-corrected chi connectivity index (χ2v) is 6.85. The van der Waals surface area contributed by atoms with Gasteiger partial charge in [0, 0.05) is 5.39 Å². The number of hydrogen-bond acceptors (Lipinski definition) is 5. The number of amides is 1. The minimum Gasteiger partial charge on any atom is -0.369 e. The second-order valence-electron chi connectivity index (χ2n) is 5.14. The summed E-state index contributed by atoms with van der Waals surface area (Å²) in [5.74, 6) is 0.227. The number of fused-ring (bicyclic) bond motifs is 1. The molecule has 0 radical (unpaired) electrons. The highest BCUT2D eigenvalue weighted by Crippen LogP contribution is 2.30. The number of primary amides is 1. The van der Waals surface area contributed by atoms with Gasteiger partial charge in [-0.2, -0.15) is 0 Å². The van der Waals surface area contributed by atoms with E-state index in [1.54, 1.807) is 13.0 Å². The van der Waals surface area contributed by atoms with E-state index < -0.39 is 11.2 Å². The number of nitrogens with zero attached hydrogens (tertiary/aromatic N) is 2. The van der Waals surface area contributed by atoms with Crippen LogP contribution in [0.3, 0.4) is 0 Å². The Labute approximate surface area is 148 Å². The molecule has 0 bridgehead atoms. The Hall–Kier alpha value is -2.31. The Morgan fingerprint density at radius 3 is 2.62 bits per heavy atom. The summed E-state index contributed by atoms with van der Waals surface area (Å²) >= 11 is 7.44. The molecule has 0 fully saturated rings. The highest BCUT2D eigenvalue weighted by atomic mass is 35.5. The molecule has 3 aromatic rings. The fourth-order valence-corrected chi connectivity index (χ4v) is 3.02. The van der Waals surface area contributed by atoms with Crippen molar-refractivity contribution in [3.8, 4) is 0 Å². The fraction of sp³-hybridized carbons (Fsp3) is 0.118. The molecule has 7 heteroatoms. The molecular formula is C17H15ClN4OS. The van der Waals surface area contributed by atoms with Gasteiger partial charge in [-0.25, -0.2) is 9.97 Å². The van der Waals surface area contributed by atoms with Crippen molar-refractivity contribution in [3.05, 3.63) is 53.6 Å². The van der Waals surface area contributed by atoms with Crippen LogP contribution in [-0.2, 0) is 4.79 Å². The van der Waals surface area contributed by atoms with E-state index in [2.05, 4.69) is 15.3 Å². The molecule has 3 N–H and O–H groups in total. The molecule has 0 aliphatic rings. The van der Waals surface area contributed by atoms with Crippen LogP contribution in [0.25, 0.3) is 10.9 Å². The van der Waals surface area contributed by atoms with Gasteiger partial charge in [0.1, 0.15) is 5.82 Å². The topological polar surface area (TPSA) is 80.9 Å². The molecule has 122 valence electrons. The van der Waals surface area contributed by atoms with Crippen LogP contribution in [0.4, 0.5) is 11.5 Å². The first kappa shape index (κ1) is 16.5. The predicted octanol–water partition coefficient (Wildman–Crippen LogP) is 3.99. The average molecular weight is 359 g/mol. The van der Waals surface area contributed by atoms with Crippen LogP contribution >= 0.6 is 23.4 Å². The summed E-state index contributed by atoms with van der Waals surface area (Å²) in [6.07, 6.45) is 0. The number of para-hydroxylation sites is 2. The normalized spacial score (nSPS) is 12.1. The van der Waals surface area contributed by atoms with Crippen molar-refractivity contribution in [2.45, 2.75) is 17.3 Å². The Bertz CT molecular complexity index is 903. The van der Waals surface area contributed by atoms with Crippen molar-refractivity contribution in [2.75, 3.05) is 5.32 Å². The minimum atomic E-state index is -0.417. The maximum Gasteiger partial charge on any atom is 0.230 e.